The minimum atomic E-state index is -3.31. The summed E-state index contributed by atoms with van der Waals surface area (Å²) in [4.78, 5) is 8.21. The average Bonchev–Trinajstić information content (AvgIpc) is 2.77. The van der Waals surface area contributed by atoms with Crippen LogP contribution in [-0.4, -0.2) is 39.5 Å². The van der Waals surface area contributed by atoms with E-state index < -0.39 is 9.84 Å². The van der Waals surface area contributed by atoms with Crippen LogP contribution in [0.25, 0.3) is 5.82 Å². The van der Waals surface area contributed by atoms with Gasteiger partial charge in [0, 0.05) is 18.0 Å². The fourth-order valence-corrected chi connectivity index (χ4v) is 1.94. The van der Waals surface area contributed by atoms with Gasteiger partial charge < -0.3 is 5.11 Å². The number of aromatic nitrogens is 4. The Morgan fingerprint density at radius 1 is 1.39 bits per heavy atom. The first kappa shape index (κ1) is 12.7. The molecule has 0 fully saturated rings. The second-order valence-electron chi connectivity index (χ2n) is 3.82. The molecule has 0 bridgehead atoms. The standard InChI is InChI=1S/C10H12N4O3S/c1-7-11-3-8(6-15)10(13-7)14-5-9(4-12-14)18(2,16)17/h3-5,15H,6H2,1-2H3. The van der Waals surface area contributed by atoms with Crippen molar-refractivity contribution in [3.05, 3.63) is 30.0 Å². The van der Waals surface area contributed by atoms with E-state index in [0.29, 0.717) is 17.2 Å². The zero-order valence-corrected chi connectivity index (χ0v) is 10.7. The van der Waals surface area contributed by atoms with Crippen LogP contribution in [-0.2, 0) is 16.4 Å². The van der Waals surface area contributed by atoms with Gasteiger partial charge in [-0.2, -0.15) is 5.10 Å². The second-order valence-corrected chi connectivity index (χ2v) is 5.83. The van der Waals surface area contributed by atoms with Crippen molar-refractivity contribution in [3.8, 4) is 5.82 Å². The molecule has 0 aromatic carbocycles. The number of nitrogens with zero attached hydrogens (tertiary/aromatic N) is 4. The summed E-state index contributed by atoms with van der Waals surface area (Å²) in [6, 6.07) is 0. The van der Waals surface area contributed by atoms with Crippen molar-refractivity contribution in [1.29, 1.82) is 0 Å². The van der Waals surface area contributed by atoms with Crippen LogP contribution in [0.4, 0.5) is 0 Å². The molecule has 2 aromatic heterocycles. The lowest BCUT2D eigenvalue weighted by Gasteiger charge is -2.06. The van der Waals surface area contributed by atoms with Gasteiger partial charge in [-0.25, -0.2) is 23.1 Å². The SMILES string of the molecule is Cc1ncc(CO)c(-n2cc(S(C)(=O)=O)cn2)n1. The van der Waals surface area contributed by atoms with Crippen molar-refractivity contribution >= 4 is 9.84 Å². The fraction of sp³-hybridized carbons (Fsp3) is 0.300. The molecule has 1 N–H and O–H groups in total. The monoisotopic (exact) mass is 268 g/mol. The summed E-state index contributed by atoms with van der Waals surface area (Å²) in [6.45, 7) is 1.45. The largest absolute Gasteiger partial charge is 0.391 e. The highest BCUT2D eigenvalue weighted by Crippen LogP contribution is 2.14. The highest BCUT2D eigenvalue weighted by Gasteiger charge is 2.13. The summed E-state index contributed by atoms with van der Waals surface area (Å²) < 4.78 is 24.0. The Hall–Kier alpha value is -1.80. The minimum Gasteiger partial charge on any atom is -0.391 e. The minimum absolute atomic E-state index is 0.0997. The summed E-state index contributed by atoms with van der Waals surface area (Å²) in [6.07, 6.45) is 5.19. The van der Waals surface area contributed by atoms with Crippen molar-refractivity contribution < 1.29 is 13.5 Å². The number of rotatable bonds is 3. The van der Waals surface area contributed by atoms with Crippen LogP contribution in [0.5, 0.6) is 0 Å². The van der Waals surface area contributed by atoms with Gasteiger partial charge in [0.15, 0.2) is 15.7 Å². The molecule has 96 valence electrons. The van der Waals surface area contributed by atoms with Crippen molar-refractivity contribution in [3.63, 3.8) is 0 Å². The Morgan fingerprint density at radius 3 is 2.67 bits per heavy atom. The zero-order chi connectivity index (χ0) is 13.3. The van der Waals surface area contributed by atoms with Crippen molar-refractivity contribution in [2.75, 3.05) is 6.26 Å². The summed E-state index contributed by atoms with van der Waals surface area (Å²) in [5.74, 6) is 0.888. The molecule has 0 saturated heterocycles. The Morgan fingerprint density at radius 2 is 2.11 bits per heavy atom. The molecule has 0 aliphatic carbocycles. The van der Waals surface area contributed by atoms with E-state index >= 15 is 0 Å². The van der Waals surface area contributed by atoms with Crippen molar-refractivity contribution in [1.82, 2.24) is 19.7 Å². The van der Waals surface area contributed by atoms with Crippen LogP contribution in [0.15, 0.2) is 23.5 Å². The Kier molecular flexibility index (Phi) is 3.14. The third-order valence-corrected chi connectivity index (χ3v) is 3.40. The lowest BCUT2D eigenvalue weighted by molar-refractivity contribution is 0.280. The molecule has 2 rings (SSSR count). The molecule has 0 aliphatic rings. The summed E-state index contributed by atoms with van der Waals surface area (Å²) >= 11 is 0. The van der Waals surface area contributed by atoms with Crippen LogP contribution in [0.3, 0.4) is 0 Å². The summed E-state index contributed by atoms with van der Waals surface area (Å²) in [5, 5.41) is 13.1. The first-order chi connectivity index (χ1) is 8.41. The lowest BCUT2D eigenvalue weighted by atomic mass is 10.3. The molecule has 8 heteroatoms. The smallest absolute Gasteiger partial charge is 0.178 e. The number of aliphatic hydroxyl groups excluding tert-OH is 1. The molecule has 0 unspecified atom stereocenters. The Bertz CT molecular complexity index is 678. The maximum absolute atomic E-state index is 11.4. The third-order valence-electron chi connectivity index (χ3n) is 2.34. The van der Waals surface area contributed by atoms with Crippen LogP contribution in [0, 0.1) is 6.92 Å². The molecule has 0 aliphatic heterocycles. The molecule has 18 heavy (non-hydrogen) atoms. The van der Waals surface area contributed by atoms with Gasteiger partial charge in [0.1, 0.15) is 10.7 Å². The number of aliphatic hydroxyl groups is 1. The molecule has 2 heterocycles. The highest BCUT2D eigenvalue weighted by atomic mass is 32.2. The predicted molar refractivity (Wildman–Crippen MR) is 62.9 cm³/mol. The van der Waals surface area contributed by atoms with E-state index in [1.54, 1.807) is 6.92 Å². The Balaban J connectivity index is 2.55. The lowest BCUT2D eigenvalue weighted by Crippen LogP contribution is -2.06. The predicted octanol–water partition coefficient (Wildman–Crippen LogP) is -0.133. The van der Waals surface area contributed by atoms with Gasteiger partial charge in [0.25, 0.3) is 0 Å². The van der Waals surface area contributed by atoms with E-state index in [0.717, 1.165) is 6.26 Å². The number of aryl methyl sites for hydroxylation is 1. The molecular formula is C10H12N4O3S. The van der Waals surface area contributed by atoms with Gasteiger partial charge in [-0.05, 0) is 6.92 Å². The van der Waals surface area contributed by atoms with E-state index in [-0.39, 0.29) is 11.5 Å². The van der Waals surface area contributed by atoms with Gasteiger partial charge in [-0.3, -0.25) is 0 Å². The molecular weight excluding hydrogens is 256 g/mol. The number of hydrogen-bond acceptors (Lipinski definition) is 6. The van der Waals surface area contributed by atoms with Crippen LogP contribution in [0.1, 0.15) is 11.4 Å². The quantitative estimate of drug-likeness (QED) is 0.832. The Labute approximate surface area is 104 Å². The normalized spacial score (nSPS) is 11.7. The highest BCUT2D eigenvalue weighted by molar-refractivity contribution is 7.90. The van der Waals surface area contributed by atoms with Gasteiger partial charge in [0.05, 0.1) is 19.0 Å². The molecule has 7 nitrogen and oxygen atoms in total. The van der Waals surface area contributed by atoms with E-state index in [4.69, 9.17) is 0 Å². The topological polar surface area (TPSA) is 98.0 Å². The van der Waals surface area contributed by atoms with Crippen molar-refractivity contribution in [2.24, 2.45) is 0 Å². The van der Waals surface area contributed by atoms with Crippen molar-refractivity contribution in [2.45, 2.75) is 18.4 Å². The fourth-order valence-electron chi connectivity index (χ4n) is 1.41. The van der Waals surface area contributed by atoms with Crippen LogP contribution in [0.2, 0.25) is 0 Å². The van der Waals surface area contributed by atoms with E-state index in [9.17, 15) is 13.5 Å². The average molecular weight is 268 g/mol. The van der Waals surface area contributed by atoms with Gasteiger partial charge in [0.2, 0.25) is 0 Å². The molecule has 2 aromatic rings. The first-order valence-corrected chi connectivity index (χ1v) is 6.99. The molecule has 0 saturated carbocycles. The van der Waals surface area contributed by atoms with Gasteiger partial charge in [-0.1, -0.05) is 0 Å². The van der Waals surface area contributed by atoms with E-state index in [1.165, 1.54) is 23.3 Å². The maximum atomic E-state index is 11.4. The van der Waals surface area contributed by atoms with Crippen LogP contribution >= 0.6 is 0 Å². The second kappa shape index (κ2) is 4.46. The van der Waals surface area contributed by atoms with Gasteiger partial charge in [-0.15, -0.1) is 0 Å². The van der Waals surface area contributed by atoms with E-state index in [2.05, 4.69) is 15.1 Å². The van der Waals surface area contributed by atoms with Crippen LogP contribution < -0.4 is 0 Å². The molecule has 0 spiro atoms. The van der Waals surface area contributed by atoms with E-state index in [1.807, 2.05) is 0 Å². The maximum Gasteiger partial charge on any atom is 0.178 e. The molecule has 0 atom stereocenters. The first-order valence-electron chi connectivity index (χ1n) is 5.10. The number of sulfone groups is 1. The molecule has 0 radical (unpaired) electrons. The summed E-state index contributed by atoms with van der Waals surface area (Å²) in [7, 11) is -3.31. The molecule has 0 amide bonds. The number of hydrogen-bond donors (Lipinski definition) is 1. The third kappa shape index (κ3) is 2.39. The summed E-state index contributed by atoms with van der Waals surface area (Å²) in [5.41, 5.74) is 0.476. The van der Waals surface area contributed by atoms with Gasteiger partial charge >= 0.3 is 0 Å². The zero-order valence-electron chi connectivity index (χ0n) is 9.90.